The van der Waals surface area contributed by atoms with Gasteiger partial charge in [-0.2, -0.15) is 0 Å². The van der Waals surface area contributed by atoms with Crippen molar-refractivity contribution in [3.8, 4) is 5.75 Å². The van der Waals surface area contributed by atoms with Crippen LogP contribution < -0.4 is 14.4 Å². The molecule has 0 spiro atoms. The zero-order valence-corrected chi connectivity index (χ0v) is 19.3. The van der Waals surface area contributed by atoms with Gasteiger partial charge in [-0.05, 0) is 60.2 Å². The van der Waals surface area contributed by atoms with Crippen molar-refractivity contribution in [3.63, 3.8) is 0 Å². The SMILES string of the molecule is COC(=O)c1ccc(CNC(=O)c2cccc(S(=O)(=O)N(C)c3ccc(OC)cc3)c2)cc1. The molecule has 1 amide bonds. The Morgan fingerprint density at radius 2 is 1.58 bits per heavy atom. The Morgan fingerprint density at radius 3 is 2.18 bits per heavy atom. The van der Waals surface area contributed by atoms with E-state index in [9.17, 15) is 18.0 Å². The van der Waals surface area contributed by atoms with E-state index < -0.39 is 21.9 Å². The molecule has 0 fully saturated rings. The molecule has 8 nitrogen and oxygen atoms in total. The number of hydrogen-bond acceptors (Lipinski definition) is 6. The molecule has 0 saturated carbocycles. The second-order valence-electron chi connectivity index (χ2n) is 7.07. The molecule has 1 N–H and O–H groups in total. The van der Waals surface area contributed by atoms with Crippen molar-refractivity contribution >= 4 is 27.6 Å². The number of ether oxygens (including phenoxy) is 2. The van der Waals surface area contributed by atoms with Gasteiger partial charge in [-0.15, -0.1) is 0 Å². The molecule has 3 rings (SSSR count). The fourth-order valence-corrected chi connectivity index (χ4v) is 4.29. The van der Waals surface area contributed by atoms with Gasteiger partial charge in [-0.25, -0.2) is 13.2 Å². The summed E-state index contributed by atoms with van der Waals surface area (Å²) in [6, 6.07) is 19.1. The number of nitrogens with zero attached hydrogens (tertiary/aromatic N) is 1. The van der Waals surface area contributed by atoms with Crippen molar-refractivity contribution in [3.05, 3.63) is 89.5 Å². The first-order valence-electron chi connectivity index (χ1n) is 9.95. The Hall–Kier alpha value is -3.85. The monoisotopic (exact) mass is 468 g/mol. The summed E-state index contributed by atoms with van der Waals surface area (Å²) >= 11 is 0. The average molecular weight is 469 g/mol. The average Bonchev–Trinajstić information content (AvgIpc) is 2.86. The largest absolute Gasteiger partial charge is 0.497 e. The molecule has 0 saturated heterocycles. The first-order chi connectivity index (χ1) is 15.8. The number of anilines is 1. The first-order valence-corrected chi connectivity index (χ1v) is 11.4. The standard InChI is InChI=1S/C24H24N2O6S/c1-26(20-11-13-21(31-2)14-12-20)33(29,30)22-6-4-5-19(15-22)23(27)25-16-17-7-9-18(10-8-17)24(28)32-3/h4-15H,16H2,1-3H3,(H,25,27). The summed E-state index contributed by atoms with van der Waals surface area (Å²) in [6.07, 6.45) is 0. The molecule has 0 aromatic heterocycles. The maximum absolute atomic E-state index is 13.1. The third-order valence-electron chi connectivity index (χ3n) is 5.02. The lowest BCUT2D eigenvalue weighted by molar-refractivity contribution is 0.0600. The van der Waals surface area contributed by atoms with E-state index in [1.165, 1.54) is 39.5 Å². The van der Waals surface area contributed by atoms with Crippen LogP contribution in [-0.2, 0) is 21.3 Å². The van der Waals surface area contributed by atoms with E-state index in [1.807, 2.05) is 0 Å². The van der Waals surface area contributed by atoms with E-state index >= 15 is 0 Å². The van der Waals surface area contributed by atoms with Crippen LogP contribution in [0.3, 0.4) is 0 Å². The molecule has 0 unspecified atom stereocenters. The number of benzene rings is 3. The Labute approximate surface area is 192 Å². The summed E-state index contributed by atoms with van der Waals surface area (Å²) in [6.45, 7) is 0.211. The number of amides is 1. The number of nitrogens with one attached hydrogen (secondary N) is 1. The van der Waals surface area contributed by atoms with Gasteiger partial charge in [-0.3, -0.25) is 9.10 Å². The zero-order valence-electron chi connectivity index (χ0n) is 18.4. The second kappa shape index (κ2) is 10.2. The summed E-state index contributed by atoms with van der Waals surface area (Å²) in [4.78, 5) is 24.1. The summed E-state index contributed by atoms with van der Waals surface area (Å²) in [5.41, 5.74) is 1.86. The fraction of sp³-hybridized carbons (Fsp3) is 0.167. The molecule has 0 atom stereocenters. The number of carbonyl (C=O) groups excluding carboxylic acids is 2. The molecule has 33 heavy (non-hydrogen) atoms. The van der Waals surface area contributed by atoms with E-state index in [4.69, 9.17) is 4.74 Å². The van der Waals surface area contributed by atoms with Crippen LogP contribution in [0.25, 0.3) is 0 Å². The van der Waals surface area contributed by atoms with E-state index in [-0.39, 0.29) is 17.0 Å². The highest BCUT2D eigenvalue weighted by atomic mass is 32.2. The van der Waals surface area contributed by atoms with Gasteiger partial charge in [0.15, 0.2) is 0 Å². The predicted molar refractivity (Wildman–Crippen MR) is 124 cm³/mol. The highest BCUT2D eigenvalue weighted by Gasteiger charge is 2.22. The van der Waals surface area contributed by atoms with Crippen LogP contribution in [0.1, 0.15) is 26.3 Å². The third-order valence-corrected chi connectivity index (χ3v) is 6.80. The fourth-order valence-electron chi connectivity index (χ4n) is 3.05. The van der Waals surface area contributed by atoms with Crippen LogP contribution in [-0.4, -0.2) is 41.6 Å². The smallest absolute Gasteiger partial charge is 0.337 e. The van der Waals surface area contributed by atoms with Crippen molar-refractivity contribution in [2.75, 3.05) is 25.6 Å². The van der Waals surface area contributed by atoms with E-state index in [1.54, 1.807) is 54.6 Å². The molecule has 9 heteroatoms. The van der Waals surface area contributed by atoms with E-state index in [0.717, 1.165) is 9.87 Å². The summed E-state index contributed by atoms with van der Waals surface area (Å²) in [5, 5.41) is 2.75. The number of sulfonamides is 1. The zero-order chi connectivity index (χ0) is 24.0. The van der Waals surface area contributed by atoms with Gasteiger partial charge in [0.25, 0.3) is 15.9 Å². The minimum absolute atomic E-state index is 0.00380. The van der Waals surface area contributed by atoms with Gasteiger partial charge >= 0.3 is 5.97 Å². The quantitative estimate of drug-likeness (QED) is 0.509. The van der Waals surface area contributed by atoms with Gasteiger partial charge in [0.1, 0.15) is 5.75 Å². The van der Waals surface area contributed by atoms with Gasteiger partial charge in [0.05, 0.1) is 30.4 Å². The summed E-state index contributed by atoms with van der Waals surface area (Å²) < 4.78 is 37.1. The van der Waals surface area contributed by atoms with Crippen LogP contribution >= 0.6 is 0 Å². The lowest BCUT2D eigenvalue weighted by Crippen LogP contribution is -2.27. The molecular formula is C24H24N2O6S. The van der Waals surface area contributed by atoms with Gasteiger partial charge < -0.3 is 14.8 Å². The van der Waals surface area contributed by atoms with Gasteiger partial charge in [-0.1, -0.05) is 18.2 Å². The van der Waals surface area contributed by atoms with Crippen molar-refractivity contribution in [2.24, 2.45) is 0 Å². The Kier molecular flexibility index (Phi) is 7.34. The maximum atomic E-state index is 13.1. The highest BCUT2D eigenvalue weighted by Crippen LogP contribution is 2.24. The highest BCUT2D eigenvalue weighted by molar-refractivity contribution is 7.92. The Morgan fingerprint density at radius 1 is 0.909 bits per heavy atom. The molecule has 0 radical (unpaired) electrons. The summed E-state index contributed by atoms with van der Waals surface area (Å²) in [5.74, 6) is -0.248. The van der Waals surface area contributed by atoms with Crippen molar-refractivity contribution in [2.45, 2.75) is 11.4 Å². The molecule has 0 aliphatic heterocycles. The molecule has 0 aliphatic rings. The predicted octanol–water partition coefficient (Wildman–Crippen LogP) is 3.24. The number of methoxy groups -OCH3 is 2. The van der Waals surface area contributed by atoms with Crippen LogP contribution in [0.2, 0.25) is 0 Å². The molecule has 3 aromatic carbocycles. The van der Waals surface area contributed by atoms with Gasteiger partial charge in [0, 0.05) is 19.2 Å². The molecule has 0 aliphatic carbocycles. The molecule has 172 valence electrons. The number of esters is 1. The van der Waals surface area contributed by atoms with Crippen LogP contribution in [0.4, 0.5) is 5.69 Å². The lowest BCUT2D eigenvalue weighted by atomic mass is 10.1. The van der Waals surface area contributed by atoms with Gasteiger partial charge in [0.2, 0.25) is 0 Å². The molecular weight excluding hydrogens is 444 g/mol. The Bertz CT molecular complexity index is 1240. The topological polar surface area (TPSA) is 102 Å². The van der Waals surface area contributed by atoms with E-state index in [2.05, 4.69) is 10.1 Å². The molecule has 0 heterocycles. The Balaban J connectivity index is 1.72. The molecule has 3 aromatic rings. The third kappa shape index (κ3) is 5.50. The van der Waals surface area contributed by atoms with Crippen molar-refractivity contribution in [1.29, 1.82) is 0 Å². The van der Waals surface area contributed by atoms with E-state index in [0.29, 0.717) is 17.0 Å². The normalized spacial score (nSPS) is 10.9. The first kappa shape index (κ1) is 23.8. The maximum Gasteiger partial charge on any atom is 0.337 e. The van der Waals surface area contributed by atoms with Crippen LogP contribution in [0, 0.1) is 0 Å². The number of carbonyl (C=O) groups is 2. The minimum Gasteiger partial charge on any atom is -0.497 e. The molecule has 0 bridgehead atoms. The van der Waals surface area contributed by atoms with Crippen molar-refractivity contribution in [1.82, 2.24) is 5.32 Å². The lowest BCUT2D eigenvalue weighted by Gasteiger charge is -2.20. The summed E-state index contributed by atoms with van der Waals surface area (Å²) in [7, 11) is 0.401. The second-order valence-corrected chi connectivity index (χ2v) is 9.04. The number of hydrogen-bond donors (Lipinski definition) is 1. The number of rotatable bonds is 8. The van der Waals surface area contributed by atoms with Crippen LogP contribution in [0.5, 0.6) is 5.75 Å². The minimum atomic E-state index is -3.88. The van der Waals surface area contributed by atoms with Crippen LogP contribution in [0.15, 0.2) is 77.7 Å². The van der Waals surface area contributed by atoms with Crippen molar-refractivity contribution < 1.29 is 27.5 Å².